The van der Waals surface area contributed by atoms with E-state index in [1.54, 1.807) is 0 Å². The summed E-state index contributed by atoms with van der Waals surface area (Å²) in [4.78, 5) is 11.6. The monoisotopic (exact) mass is 405 g/mol. The van der Waals surface area contributed by atoms with E-state index in [0.717, 1.165) is 27.9 Å². The molecule has 0 radical (unpaired) electrons. The Bertz CT molecular complexity index is 1020. The second-order valence-corrected chi connectivity index (χ2v) is 8.37. The predicted octanol–water partition coefficient (Wildman–Crippen LogP) is 4.57. The van der Waals surface area contributed by atoms with Crippen LogP contribution in [0.25, 0.3) is 5.82 Å². The van der Waals surface area contributed by atoms with Gasteiger partial charge < -0.3 is 14.8 Å². The third-order valence-corrected chi connectivity index (χ3v) is 5.93. The van der Waals surface area contributed by atoms with Gasteiger partial charge in [-0.25, -0.2) is 4.98 Å². The highest BCUT2D eigenvalue weighted by atomic mass is 32.1. The summed E-state index contributed by atoms with van der Waals surface area (Å²) in [6.45, 7) is 10.7. The Balaban J connectivity index is 1.85. The smallest absolute Gasteiger partial charge is 0.170 e. The molecule has 6 heteroatoms. The normalized spacial score (nSPS) is 19.1. The number of rotatable bonds is 4. The van der Waals surface area contributed by atoms with Gasteiger partial charge in [-0.15, -0.1) is 0 Å². The SMILES string of the molecule is Cc1ccc(-n2c(C)cc([C@H]3[C@@H](c4ccccn4)NC(=S)N3C(C)C)c2C)nc1. The molecule has 0 amide bonds. The Labute approximate surface area is 177 Å². The molecule has 1 saturated heterocycles. The zero-order valence-corrected chi connectivity index (χ0v) is 18.4. The fraction of sp³-hybridized carbons (Fsp3) is 0.348. The Morgan fingerprint density at radius 2 is 1.86 bits per heavy atom. The van der Waals surface area contributed by atoms with Gasteiger partial charge in [0.25, 0.3) is 0 Å². The van der Waals surface area contributed by atoms with E-state index < -0.39 is 0 Å². The maximum absolute atomic E-state index is 5.73. The number of pyridine rings is 2. The van der Waals surface area contributed by atoms with Gasteiger partial charge in [0, 0.05) is 29.8 Å². The average molecular weight is 406 g/mol. The lowest BCUT2D eigenvalue weighted by Crippen LogP contribution is -2.35. The van der Waals surface area contributed by atoms with Crippen molar-refractivity contribution in [1.29, 1.82) is 0 Å². The average Bonchev–Trinajstić information content (AvgIpc) is 3.19. The molecule has 29 heavy (non-hydrogen) atoms. The lowest BCUT2D eigenvalue weighted by Gasteiger charge is -2.31. The van der Waals surface area contributed by atoms with Gasteiger partial charge in [-0.1, -0.05) is 12.1 Å². The van der Waals surface area contributed by atoms with E-state index >= 15 is 0 Å². The first-order valence-corrected chi connectivity index (χ1v) is 10.4. The number of aryl methyl sites for hydroxylation is 2. The van der Waals surface area contributed by atoms with Crippen molar-refractivity contribution >= 4 is 17.3 Å². The molecule has 0 spiro atoms. The van der Waals surface area contributed by atoms with Crippen LogP contribution in [0.2, 0.25) is 0 Å². The molecule has 1 N–H and O–H groups in total. The van der Waals surface area contributed by atoms with Crippen molar-refractivity contribution in [2.24, 2.45) is 0 Å². The molecule has 3 aromatic heterocycles. The summed E-state index contributed by atoms with van der Waals surface area (Å²) >= 11 is 5.73. The maximum Gasteiger partial charge on any atom is 0.170 e. The van der Waals surface area contributed by atoms with Crippen molar-refractivity contribution in [1.82, 2.24) is 24.8 Å². The molecule has 1 fully saturated rings. The van der Waals surface area contributed by atoms with Crippen molar-refractivity contribution in [2.75, 3.05) is 0 Å². The summed E-state index contributed by atoms with van der Waals surface area (Å²) in [7, 11) is 0. The molecule has 4 heterocycles. The molecule has 0 bridgehead atoms. The molecule has 0 aromatic carbocycles. The Morgan fingerprint density at radius 3 is 2.48 bits per heavy atom. The van der Waals surface area contributed by atoms with Crippen LogP contribution in [-0.2, 0) is 0 Å². The van der Waals surface area contributed by atoms with Crippen LogP contribution < -0.4 is 5.32 Å². The van der Waals surface area contributed by atoms with Crippen molar-refractivity contribution < 1.29 is 0 Å². The molecule has 1 aliphatic rings. The third kappa shape index (κ3) is 3.42. The Hall–Kier alpha value is -2.73. The topological polar surface area (TPSA) is 46.0 Å². The lowest BCUT2D eigenvalue weighted by molar-refractivity contribution is 0.269. The second-order valence-electron chi connectivity index (χ2n) is 7.98. The standard InChI is InChI=1S/C23H27N5S/c1-14(2)27-22(21(26-23(27)29)19-8-6-7-11-24-19)18-12-16(4)28(17(18)5)20-10-9-15(3)13-25-20/h6-14,21-22H,1-5H3,(H,26,29)/t21-,22+/m1/s1. The minimum Gasteiger partial charge on any atom is -0.352 e. The van der Waals surface area contributed by atoms with Crippen LogP contribution in [0.15, 0.2) is 48.8 Å². The fourth-order valence-electron chi connectivity index (χ4n) is 4.29. The molecular weight excluding hydrogens is 378 g/mol. The molecular formula is C23H27N5S. The summed E-state index contributed by atoms with van der Waals surface area (Å²) < 4.78 is 2.23. The molecule has 150 valence electrons. The first-order chi connectivity index (χ1) is 13.9. The third-order valence-electron chi connectivity index (χ3n) is 5.61. The minimum atomic E-state index is 0.00558. The minimum absolute atomic E-state index is 0.00558. The molecule has 3 aromatic rings. The summed E-state index contributed by atoms with van der Waals surface area (Å²) in [6, 6.07) is 12.8. The number of hydrogen-bond acceptors (Lipinski definition) is 3. The zero-order chi connectivity index (χ0) is 20.7. The largest absolute Gasteiger partial charge is 0.352 e. The first kappa shape index (κ1) is 19.6. The van der Waals surface area contributed by atoms with E-state index in [1.165, 1.54) is 11.3 Å². The van der Waals surface area contributed by atoms with Gasteiger partial charge in [-0.2, -0.15) is 0 Å². The Kier molecular flexibility index (Phi) is 5.13. The van der Waals surface area contributed by atoms with Crippen molar-refractivity contribution in [2.45, 2.75) is 52.7 Å². The van der Waals surface area contributed by atoms with Crippen LogP contribution in [-0.4, -0.2) is 30.6 Å². The molecule has 0 saturated carbocycles. The van der Waals surface area contributed by atoms with Gasteiger partial charge >= 0.3 is 0 Å². The van der Waals surface area contributed by atoms with E-state index in [9.17, 15) is 0 Å². The van der Waals surface area contributed by atoms with Crippen LogP contribution in [0.1, 0.15) is 54.1 Å². The van der Waals surface area contributed by atoms with Gasteiger partial charge in [0.2, 0.25) is 0 Å². The van der Waals surface area contributed by atoms with Gasteiger partial charge in [0.15, 0.2) is 5.11 Å². The number of nitrogens with zero attached hydrogens (tertiary/aromatic N) is 4. The van der Waals surface area contributed by atoms with E-state index in [0.29, 0.717) is 0 Å². The lowest BCUT2D eigenvalue weighted by atomic mass is 9.96. The van der Waals surface area contributed by atoms with Crippen LogP contribution in [0.4, 0.5) is 0 Å². The quantitative estimate of drug-likeness (QED) is 0.644. The van der Waals surface area contributed by atoms with Gasteiger partial charge in [0.1, 0.15) is 5.82 Å². The number of thiocarbonyl (C=S) groups is 1. The van der Waals surface area contributed by atoms with Crippen molar-refractivity contribution in [3.63, 3.8) is 0 Å². The van der Waals surface area contributed by atoms with E-state index in [1.807, 2.05) is 24.5 Å². The number of nitrogens with one attached hydrogen (secondary N) is 1. The summed E-state index contributed by atoms with van der Waals surface area (Å²) in [5.41, 5.74) is 5.75. The molecule has 5 nitrogen and oxygen atoms in total. The molecule has 4 rings (SSSR count). The molecule has 1 aliphatic heterocycles. The summed E-state index contributed by atoms with van der Waals surface area (Å²) in [6.07, 6.45) is 3.76. The fourth-order valence-corrected chi connectivity index (χ4v) is 4.74. The summed E-state index contributed by atoms with van der Waals surface area (Å²) in [5.74, 6) is 0.941. The van der Waals surface area contributed by atoms with Crippen molar-refractivity contribution in [3.8, 4) is 5.82 Å². The van der Waals surface area contributed by atoms with Crippen molar-refractivity contribution in [3.05, 3.63) is 77.0 Å². The van der Waals surface area contributed by atoms with E-state index in [-0.39, 0.29) is 18.1 Å². The van der Waals surface area contributed by atoms with Gasteiger partial charge in [0.05, 0.1) is 17.8 Å². The predicted molar refractivity (Wildman–Crippen MR) is 120 cm³/mol. The van der Waals surface area contributed by atoms with Crippen LogP contribution in [0, 0.1) is 20.8 Å². The molecule has 0 aliphatic carbocycles. The second kappa shape index (κ2) is 7.59. The van der Waals surface area contributed by atoms with Gasteiger partial charge in [-0.3, -0.25) is 4.98 Å². The maximum atomic E-state index is 5.73. The highest BCUT2D eigenvalue weighted by molar-refractivity contribution is 7.80. The van der Waals surface area contributed by atoms with Crippen LogP contribution >= 0.6 is 12.2 Å². The number of aromatic nitrogens is 3. The van der Waals surface area contributed by atoms with E-state index in [2.05, 4.69) is 83.6 Å². The number of hydrogen-bond donors (Lipinski definition) is 1. The van der Waals surface area contributed by atoms with E-state index in [4.69, 9.17) is 12.2 Å². The Morgan fingerprint density at radius 1 is 1.07 bits per heavy atom. The van der Waals surface area contributed by atoms with Crippen LogP contribution in [0.5, 0.6) is 0 Å². The summed E-state index contributed by atoms with van der Waals surface area (Å²) in [5, 5.41) is 4.30. The van der Waals surface area contributed by atoms with Gasteiger partial charge in [-0.05, 0) is 82.2 Å². The molecule has 2 atom stereocenters. The highest BCUT2D eigenvalue weighted by Gasteiger charge is 2.42. The first-order valence-electron chi connectivity index (χ1n) is 10.00. The molecule has 0 unspecified atom stereocenters. The highest BCUT2D eigenvalue weighted by Crippen LogP contribution is 2.42. The zero-order valence-electron chi connectivity index (χ0n) is 17.5. The van der Waals surface area contributed by atoms with Crippen LogP contribution in [0.3, 0.4) is 0 Å².